The van der Waals surface area contributed by atoms with Crippen molar-refractivity contribution in [2.24, 2.45) is 0 Å². The minimum Gasteiger partial charge on any atom is -0.387 e. The number of carbonyl (C=O) groups excluding carboxylic acids is 1. The molecule has 304 valence electrons. The number of phosphoric ester groups is 1. The van der Waals surface area contributed by atoms with E-state index in [1.807, 2.05) is 27.2 Å². The highest BCUT2D eigenvalue weighted by Gasteiger charge is 2.27. The molecule has 0 saturated heterocycles. The number of aliphatic hydroxyl groups is 1. The van der Waals surface area contributed by atoms with Crippen LogP contribution in [-0.4, -0.2) is 73.4 Å². The van der Waals surface area contributed by atoms with Gasteiger partial charge in [0.1, 0.15) is 13.2 Å². The lowest BCUT2D eigenvalue weighted by Gasteiger charge is -2.25. The molecule has 0 radical (unpaired) electrons. The number of nitrogens with zero attached hydrogens (tertiary/aromatic N) is 1. The molecule has 0 heterocycles. The molecule has 0 aromatic rings. The van der Waals surface area contributed by atoms with E-state index in [4.69, 9.17) is 9.05 Å². The molecule has 0 rings (SSSR count). The summed E-state index contributed by atoms with van der Waals surface area (Å²) < 4.78 is 23.5. The van der Waals surface area contributed by atoms with Crippen LogP contribution in [0.15, 0.2) is 48.6 Å². The number of hydrogen-bond acceptors (Lipinski definition) is 5. The van der Waals surface area contributed by atoms with E-state index >= 15 is 0 Å². The Balaban J connectivity index is 4.59. The number of amides is 1. The number of phosphoric acid groups is 1. The van der Waals surface area contributed by atoms with Gasteiger partial charge < -0.3 is 19.8 Å². The molecule has 9 heteroatoms. The van der Waals surface area contributed by atoms with Crippen LogP contribution in [0, 0.1) is 0 Å². The average Bonchev–Trinajstić information content (AvgIpc) is 3.09. The van der Waals surface area contributed by atoms with Crippen molar-refractivity contribution in [1.29, 1.82) is 0 Å². The number of unbranched alkanes of at least 4 members (excludes halogenated alkanes) is 18. The summed E-state index contributed by atoms with van der Waals surface area (Å²) in [5.41, 5.74) is 0. The summed E-state index contributed by atoms with van der Waals surface area (Å²) >= 11 is 0. The molecule has 1 amide bonds. The third-order valence-corrected chi connectivity index (χ3v) is 9.98. The van der Waals surface area contributed by atoms with E-state index in [-0.39, 0.29) is 19.1 Å². The molecule has 3 unspecified atom stereocenters. The van der Waals surface area contributed by atoms with Gasteiger partial charge >= 0.3 is 7.82 Å². The average molecular weight is 754 g/mol. The first kappa shape index (κ1) is 50.5. The summed E-state index contributed by atoms with van der Waals surface area (Å²) in [4.78, 5) is 23.0. The van der Waals surface area contributed by atoms with Crippen molar-refractivity contribution in [3.05, 3.63) is 48.6 Å². The molecule has 0 aliphatic carbocycles. The standard InChI is InChI=1S/C43H81N2O6P/c1-6-8-10-12-14-16-18-20-21-22-23-25-26-28-30-32-34-36-42(46)41(40-51-52(48,49)50-39-38-45(3,4)5)44-43(47)37-35-33-31-29-27-24-19-17-15-13-11-9-7-2/h21-22,24,26-28,34,36,41-42,46H,6-20,23,25,29-33,35,37-40H2,1-5H3,(H-,44,47,48,49)/p+1/b22-21+,27-24-,28-26+,36-34+. The predicted molar refractivity (Wildman–Crippen MR) is 221 cm³/mol. The monoisotopic (exact) mass is 754 g/mol. The van der Waals surface area contributed by atoms with Crippen LogP contribution in [0.4, 0.5) is 0 Å². The van der Waals surface area contributed by atoms with Gasteiger partial charge in [0.25, 0.3) is 0 Å². The zero-order valence-electron chi connectivity index (χ0n) is 34.3. The van der Waals surface area contributed by atoms with E-state index in [0.717, 1.165) is 57.8 Å². The summed E-state index contributed by atoms with van der Waals surface area (Å²) in [5, 5.41) is 13.7. The first-order valence-corrected chi connectivity index (χ1v) is 22.5. The highest BCUT2D eigenvalue weighted by molar-refractivity contribution is 7.47. The predicted octanol–water partition coefficient (Wildman–Crippen LogP) is 11.3. The topological polar surface area (TPSA) is 105 Å². The first-order valence-electron chi connectivity index (χ1n) is 21.0. The van der Waals surface area contributed by atoms with Gasteiger partial charge in [-0.2, -0.15) is 0 Å². The van der Waals surface area contributed by atoms with Crippen molar-refractivity contribution in [3.63, 3.8) is 0 Å². The molecular formula is C43H82N2O6P+. The highest BCUT2D eigenvalue weighted by Crippen LogP contribution is 2.43. The van der Waals surface area contributed by atoms with Gasteiger partial charge in [-0.3, -0.25) is 13.8 Å². The lowest BCUT2D eigenvalue weighted by atomic mass is 10.1. The second kappa shape index (κ2) is 35.2. The van der Waals surface area contributed by atoms with Crippen molar-refractivity contribution >= 4 is 13.7 Å². The van der Waals surface area contributed by atoms with Gasteiger partial charge in [-0.25, -0.2) is 4.57 Å². The summed E-state index contributed by atoms with van der Waals surface area (Å²) in [5.74, 6) is -0.210. The fraction of sp³-hybridized carbons (Fsp3) is 0.791. The van der Waals surface area contributed by atoms with E-state index in [9.17, 15) is 19.4 Å². The van der Waals surface area contributed by atoms with Crippen LogP contribution in [0.5, 0.6) is 0 Å². The lowest BCUT2D eigenvalue weighted by Crippen LogP contribution is -2.45. The van der Waals surface area contributed by atoms with Crippen LogP contribution in [0.2, 0.25) is 0 Å². The maximum Gasteiger partial charge on any atom is 0.472 e. The Morgan fingerprint density at radius 2 is 1.06 bits per heavy atom. The third kappa shape index (κ3) is 36.8. The molecule has 0 aromatic carbocycles. The van der Waals surface area contributed by atoms with E-state index in [2.05, 4.69) is 55.6 Å². The van der Waals surface area contributed by atoms with Crippen LogP contribution < -0.4 is 5.32 Å². The van der Waals surface area contributed by atoms with Gasteiger partial charge in [0.2, 0.25) is 5.91 Å². The van der Waals surface area contributed by atoms with Gasteiger partial charge in [0.15, 0.2) is 0 Å². The quantitative estimate of drug-likeness (QED) is 0.0252. The summed E-state index contributed by atoms with van der Waals surface area (Å²) in [7, 11) is 1.53. The van der Waals surface area contributed by atoms with Crippen molar-refractivity contribution in [2.45, 2.75) is 180 Å². The molecule has 0 bridgehead atoms. The van der Waals surface area contributed by atoms with Crippen LogP contribution in [0.25, 0.3) is 0 Å². The molecule has 0 fully saturated rings. The number of likely N-dealkylation sites (N-methyl/N-ethyl adjacent to an activating group) is 1. The van der Waals surface area contributed by atoms with E-state index in [1.165, 1.54) is 89.9 Å². The Hall–Kier alpha value is -1.54. The zero-order chi connectivity index (χ0) is 38.6. The summed E-state index contributed by atoms with van der Waals surface area (Å²) in [6.45, 7) is 4.74. The van der Waals surface area contributed by atoms with E-state index < -0.39 is 20.0 Å². The fourth-order valence-corrected chi connectivity index (χ4v) is 6.33. The Morgan fingerprint density at radius 1 is 0.635 bits per heavy atom. The third-order valence-electron chi connectivity index (χ3n) is 9.00. The van der Waals surface area contributed by atoms with E-state index in [0.29, 0.717) is 17.4 Å². The molecule has 8 nitrogen and oxygen atoms in total. The minimum absolute atomic E-state index is 0.0497. The smallest absolute Gasteiger partial charge is 0.387 e. The Kier molecular flexibility index (Phi) is 34.1. The van der Waals surface area contributed by atoms with Crippen molar-refractivity contribution in [2.75, 3.05) is 40.9 Å². The van der Waals surface area contributed by atoms with Gasteiger partial charge in [0, 0.05) is 6.42 Å². The molecule has 0 saturated carbocycles. The number of allylic oxidation sites excluding steroid dienone is 7. The Bertz CT molecular complexity index is 991. The second-order valence-corrected chi connectivity index (χ2v) is 16.8. The largest absolute Gasteiger partial charge is 0.472 e. The number of aliphatic hydroxyl groups excluding tert-OH is 1. The lowest BCUT2D eigenvalue weighted by molar-refractivity contribution is -0.870. The number of carbonyl (C=O) groups is 1. The second-order valence-electron chi connectivity index (χ2n) is 15.3. The normalized spacial score (nSPS) is 15.0. The molecule has 0 aliphatic rings. The fourth-order valence-electron chi connectivity index (χ4n) is 5.59. The number of quaternary nitrogens is 1. The van der Waals surface area contributed by atoms with Gasteiger partial charge in [-0.15, -0.1) is 0 Å². The van der Waals surface area contributed by atoms with Crippen LogP contribution in [0.1, 0.15) is 168 Å². The molecule has 0 aliphatic heterocycles. The number of nitrogens with one attached hydrogen (secondary N) is 1. The van der Waals surface area contributed by atoms with Gasteiger partial charge in [-0.1, -0.05) is 140 Å². The zero-order valence-corrected chi connectivity index (χ0v) is 35.2. The van der Waals surface area contributed by atoms with Crippen LogP contribution in [-0.2, 0) is 18.4 Å². The maximum atomic E-state index is 12.8. The van der Waals surface area contributed by atoms with Gasteiger partial charge in [-0.05, 0) is 70.6 Å². The summed E-state index contributed by atoms with van der Waals surface area (Å²) in [6.07, 6.45) is 43.2. The molecule has 0 spiro atoms. The molecule has 3 atom stereocenters. The van der Waals surface area contributed by atoms with Gasteiger partial charge in [0.05, 0.1) is 39.9 Å². The minimum atomic E-state index is -4.35. The van der Waals surface area contributed by atoms with Crippen LogP contribution in [0.3, 0.4) is 0 Å². The van der Waals surface area contributed by atoms with E-state index in [1.54, 1.807) is 6.08 Å². The Morgan fingerprint density at radius 3 is 1.54 bits per heavy atom. The number of rotatable bonds is 37. The highest BCUT2D eigenvalue weighted by atomic mass is 31.2. The summed E-state index contributed by atoms with van der Waals surface area (Å²) in [6, 6.07) is -0.875. The molecule has 3 N–H and O–H groups in total. The van der Waals surface area contributed by atoms with Crippen molar-refractivity contribution < 1.29 is 32.9 Å². The maximum absolute atomic E-state index is 12.8. The van der Waals surface area contributed by atoms with Crippen molar-refractivity contribution in [3.8, 4) is 0 Å². The molecule has 52 heavy (non-hydrogen) atoms. The first-order chi connectivity index (χ1) is 25.0. The van der Waals surface area contributed by atoms with Crippen molar-refractivity contribution in [1.82, 2.24) is 5.32 Å². The molecular weight excluding hydrogens is 671 g/mol. The molecule has 0 aromatic heterocycles. The SMILES string of the molecule is CCCCCCCC/C=C\CCCCCC(=O)NC(COP(=O)(O)OCC[N+](C)(C)C)C(O)/C=C/CC/C=C/CC/C=C/CCCCCCCCC. The Labute approximate surface area is 320 Å². The number of hydrogen-bond donors (Lipinski definition) is 3. The van der Waals surface area contributed by atoms with Crippen LogP contribution >= 0.6 is 7.82 Å².